The van der Waals surface area contributed by atoms with Crippen molar-refractivity contribution >= 4 is 35.0 Å². The Hall–Kier alpha value is -3.01. The van der Waals surface area contributed by atoms with Gasteiger partial charge in [-0.3, -0.25) is 24.4 Å². The zero-order valence-electron chi connectivity index (χ0n) is 22.0. The molecule has 1 fully saturated rings. The van der Waals surface area contributed by atoms with Gasteiger partial charge in [0.15, 0.2) is 5.72 Å². The Morgan fingerprint density at radius 2 is 1.77 bits per heavy atom. The quantitative estimate of drug-likeness (QED) is 0.465. The molecule has 1 saturated heterocycles. The van der Waals surface area contributed by atoms with E-state index in [0.717, 1.165) is 5.56 Å². The Bertz CT molecular complexity index is 1400. The van der Waals surface area contributed by atoms with E-state index in [1.54, 1.807) is 67.4 Å². The van der Waals surface area contributed by atoms with Crippen molar-refractivity contribution < 1.29 is 19.4 Å². The van der Waals surface area contributed by atoms with Gasteiger partial charge in [0.1, 0.15) is 0 Å². The molecule has 0 bridgehead atoms. The number of carbonyl (C=O) groups is 2. The Morgan fingerprint density at radius 3 is 2.41 bits per heavy atom. The standard InChI is InChI=1S/C29H30Cl2N4O4/c1-28(38,18-34-13-12-33(2)26(36)17-34)20-6-11-25-24(14-20)27(37)35(16-23-10-9-22(31)15-32-23)29(25,39-3)19-4-7-21(30)8-5-19/h4-11,14-15,38H,12-13,16-18H2,1-3H3/t28?,29-/m1/s1. The number of amides is 2. The topological polar surface area (TPSA) is 86.2 Å². The monoisotopic (exact) mass is 568 g/mol. The molecular formula is C29H30Cl2N4O4. The van der Waals surface area contributed by atoms with Crippen molar-refractivity contribution in [3.63, 3.8) is 0 Å². The van der Waals surface area contributed by atoms with Gasteiger partial charge < -0.3 is 14.7 Å². The fraction of sp³-hybridized carbons (Fsp3) is 0.345. The van der Waals surface area contributed by atoms with Gasteiger partial charge in [0.2, 0.25) is 5.91 Å². The number of aromatic nitrogens is 1. The van der Waals surface area contributed by atoms with Crippen molar-refractivity contribution in [2.45, 2.75) is 24.8 Å². The Balaban J connectivity index is 1.55. The van der Waals surface area contributed by atoms with Gasteiger partial charge in [-0.25, -0.2) is 0 Å². The van der Waals surface area contributed by atoms with E-state index >= 15 is 0 Å². The molecule has 1 N–H and O–H groups in total. The van der Waals surface area contributed by atoms with Crippen molar-refractivity contribution in [1.82, 2.24) is 19.7 Å². The first kappa shape index (κ1) is 27.6. The van der Waals surface area contributed by atoms with Crippen LogP contribution in [-0.4, -0.2) is 76.9 Å². The molecule has 1 unspecified atom stereocenters. The number of ether oxygens (including phenoxy) is 1. The third kappa shape index (κ3) is 5.03. The molecule has 2 atom stereocenters. The second-order valence-electron chi connectivity index (χ2n) is 10.3. The summed E-state index contributed by atoms with van der Waals surface area (Å²) >= 11 is 12.2. The minimum absolute atomic E-state index is 0.0143. The number of nitrogens with zero attached hydrogens (tertiary/aromatic N) is 4. The molecule has 3 aromatic rings. The van der Waals surface area contributed by atoms with Gasteiger partial charge in [0.05, 0.1) is 29.4 Å². The van der Waals surface area contributed by atoms with Crippen LogP contribution >= 0.6 is 23.2 Å². The van der Waals surface area contributed by atoms with Crippen LogP contribution in [0.15, 0.2) is 60.8 Å². The lowest BCUT2D eigenvalue weighted by Crippen LogP contribution is -2.52. The fourth-order valence-electron chi connectivity index (χ4n) is 5.42. The maximum atomic E-state index is 14.1. The number of fused-ring (bicyclic) bond motifs is 1. The summed E-state index contributed by atoms with van der Waals surface area (Å²) in [5.41, 5.74) is 0.482. The van der Waals surface area contributed by atoms with E-state index in [9.17, 15) is 14.7 Å². The summed E-state index contributed by atoms with van der Waals surface area (Å²) in [6.45, 7) is 3.62. The summed E-state index contributed by atoms with van der Waals surface area (Å²) in [5.74, 6) is -0.244. The molecule has 0 spiro atoms. The first-order valence-electron chi connectivity index (χ1n) is 12.6. The minimum Gasteiger partial charge on any atom is -0.384 e. The smallest absolute Gasteiger partial charge is 0.257 e. The van der Waals surface area contributed by atoms with Gasteiger partial charge >= 0.3 is 0 Å². The summed E-state index contributed by atoms with van der Waals surface area (Å²) in [6, 6.07) is 16.1. The largest absolute Gasteiger partial charge is 0.384 e. The molecule has 1 aromatic heterocycles. The molecule has 39 heavy (non-hydrogen) atoms. The number of likely N-dealkylation sites (N-methyl/N-ethyl adjacent to an activating group) is 1. The number of aliphatic hydroxyl groups is 1. The number of carbonyl (C=O) groups excluding carboxylic acids is 2. The molecule has 2 aliphatic heterocycles. The highest BCUT2D eigenvalue weighted by molar-refractivity contribution is 6.30. The average molecular weight is 569 g/mol. The number of halogens is 2. The number of rotatable bonds is 7. The van der Waals surface area contributed by atoms with Crippen molar-refractivity contribution in [2.75, 3.05) is 40.3 Å². The SMILES string of the molecule is CO[C@]1(c2ccc(Cl)cc2)c2ccc(C(C)(O)CN3CCN(C)C(=O)C3)cc2C(=O)N1Cc1ccc(Cl)cn1. The Kier molecular flexibility index (Phi) is 7.43. The molecule has 0 saturated carbocycles. The van der Waals surface area contributed by atoms with Crippen molar-refractivity contribution in [3.8, 4) is 0 Å². The summed E-state index contributed by atoms with van der Waals surface area (Å²) in [4.78, 5) is 35.9. The van der Waals surface area contributed by atoms with Crippen LogP contribution in [0.1, 0.15) is 39.7 Å². The van der Waals surface area contributed by atoms with E-state index in [1.165, 1.54) is 0 Å². The molecule has 0 aliphatic carbocycles. The zero-order valence-corrected chi connectivity index (χ0v) is 23.5. The Morgan fingerprint density at radius 1 is 1.05 bits per heavy atom. The molecule has 2 aliphatic rings. The van der Waals surface area contributed by atoms with Gasteiger partial charge in [-0.15, -0.1) is 0 Å². The van der Waals surface area contributed by atoms with Gasteiger partial charge in [-0.2, -0.15) is 0 Å². The average Bonchev–Trinajstić information content (AvgIpc) is 3.15. The highest BCUT2D eigenvalue weighted by Gasteiger charge is 2.52. The molecule has 10 heteroatoms. The van der Waals surface area contributed by atoms with Gasteiger partial charge in [-0.1, -0.05) is 47.5 Å². The number of hydrogen-bond acceptors (Lipinski definition) is 6. The molecular weight excluding hydrogens is 539 g/mol. The van der Waals surface area contributed by atoms with E-state index in [2.05, 4.69) is 4.98 Å². The first-order valence-corrected chi connectivity index (χ1v) is 13.4. The Labute approximate surface area is 237 Å². The molecule has 8 nitrogen and oxygen atoms in total. The van der Waals surface area contributed by atoms with Crippen LogP contribution in [0.25, 0.3) is 0 Å². The highest BCUT2D eigenvalue weighted by Crippen LogP contribution is 2.46. The van der Waals surface area contributed by atoms with Gasteiger partial charge in [0, 0.05) is 61.7 Å². The van der Waals surface area contributed by atoms with Crippen molar-refractivity contribution in [3.05, 3.63) is 98.8 Å². The van der Waals surface area contributed by atoms with Crippen LogP contribution in [0.3, 0.4) is 0 Å². The van der Waals surface area contributed by atoms with E-state index in [1.807, 2.05) is 29.2 Å². The number of pyridine rings is 1. The number of β-amino-alcohol motifs (C(OH)–C–C–N with tert-alkyl or cyclic N) is 1. The lowest BCUT2D eigenvalue weighted by Gasteiger charge is -2.38. The predicted octanol–water partition coefficient (Wildman–Crippen LogP) is 3.87. The van der Waals surface area contributed by atoms with Gasteiger partial charge in [0.25, 0.3) is 5.91 Å². The summed E-state index contributed by atoms with van der Waals surface area (Å²) in [7, 11) is 3.34. The fourth-order valence-corrected chi connectivity index (χ4v) is 5.66. The summed E-state index contributed by atoms with van der Waals surface area (Å²) < 4.78 is 6.19. The normalized spacial score (nSPS) is 21.3. The van der Waals surface area contributed by atoms with Gasteiger partial charge in [-0.05, 0) is 42.8 Å². The molecule has 2 aromatic carbocycles. The minimum atomic E-state index is -1.30. The third-order valence-electron chi connectivity index (χ3n) is 7.57. The summed E-state index contributed by atoms with van der Waals surface area (Å²) in [6.07, 6.45) is 1.54. The number of methoxy groups -OCH3 is 1. The highest BCUT2D eigenvalue weighted by atomic mass is 35.5. The van der Waals surface area contributed by atoms with Crippen molar-refractivity contribution in [2.24, 2.45) is 0 Å². The second kappa shape index (κ2) is 10.5. The third-order valence-corrected chi connectivity index (χ3v) is 8.05. The number of piperazine rings is 1. The van der Waals surface area contributed by atoms with Crippen LogP contribution in [0.2, 0.25) is 10.0 Å². The first-order chi connectivity index (χ1) is 18.5. The predicted molar refractivity (Wildman–Crippen MR) is 148 cm³/mol. The van der Waals surface area contributed by atoms with Crippen LogP contribution in [0, 0.1) is 0 Å². The number of benzene rings is 2. The second-order valence-corrected chi connectivity index (χ2v) is 11.1. The zero-order chi connectivity index (χ0) is 27.9. The maximum Gasteiger partial charge on any atom is 0.257 e. The van der Waals surface area contributed by atoms with Crippen LogP contribution in [-0.2, 0) is 27.4 Å². The van der Waals surface area contributed by atoms with Crippen molar-refractivity contribution in [1.29, 1.82) is 0 Å². The van der Waals surface area contributed by atoms with Crippen LogP contribution in [0.4, 0.5) is 0 Å². The lowest BCUT2D eigenvalue weighted by molar-refractivity contribution is -0.135. The molecule has 3 heterocycles. The molecule has 0 radical (unpaired) electrons. The molecule has 5 rings (SSSR count). The van der Waals surface area contributed by atoms with E-state index in [4.69, 9.17) is 27.9 Å². The number of hydrogen-bond donors (Lipinski definition) is 1. The molecule has 2 amide bonds. The van der Waals surface area contributed by atoms with E-state index in [0.29, 0.717) is 45.5 Å². The van der Waals surface area contributed by atoms with E-state index in [-0.39, 0.29) is 31.4 Å². The van der Waals surface area contributed by atoms with E-state index < -0.39 is 11.3 Å². The van der Waals surface area contributed by atoms with Crippen LogP contribution < -0.4 is 0 Å². The summed E-state index contributed by atoms with van der Waals surface area (Å²) in [5, 5.41) is 12.6. The van der Waals surface area contributed by atoms with Crippen LogP contribution in [0.5, 0.6) is 0 Å². The lowest BCUT2D eigenvalue weighted by atomic mass is 9.88. The molecule has 204 valence electrons. The maximum absolute atomic E-state index is 14.1.